The van der Waals surface area contributed by atoms with E-state index >= 15 is 0 Å². The Morgan fingerprint density at radius 2 is 1.61 bits per heavy atom. The fourth-order valence-corrected chi connectivity index (χ4v) is 3.18. The number of hydrogen-bond donors (Lipinski definition) is 2. The molecule has 0 aliphatic rings. The van der Waals surface area contributed by atoms with Gasteiger partial charge in [-0.3, -0.25) is 9.59 Å². The fourth-order valence-electron chi connectivity index (χ4n) is 3.18. The topological polar surface area (TPSA) is 61.4 Å². The average molecular weight is 375 g/mol. The van der Waals surface area contributed by atoms with E-state index in [1.807, 2.05) is 56.3 Å². The van der Waals surface area contributed by atoms with Gasteiger partial charge in [0.2, 0.25) is 5.91 Å². The van der Waals surface area contributed by atoms with E-state index in [9.17, 15) is 9.59 Å². The third-order valence-corrected chi connectivity index (χ3v) is 4.67. The third-order valence-electron chi connectivity index (χ3n) is 4.67. The molecule has 144 valence electrons. The van der Waals surface area contributed by atoms with Crippen LogP contribution in [0.5, 0.6) is 0 Å². The molecule has 0 saturated carbocycles. The number of rotatable bonds is 7. The number of nitrogens with one attached hydrogen (secondary N) is 2. The highest BCUT2D eigenvalue weighted by Crippen LogP contribution is 2.22. The van der Waals surface area contributed by atoms with E-state index in [1.54, 1.807) is 29.2 Å². The van der Waals surface area contributed by atoms with Crippen LogP contribution < -0.4 is 10.6 Å². The standard InChI is InChI=1S/C23H25N3O2/c1-3-26(4-2)23(28)18-11-7-12-19(15-18)25-22(27)16-24-21-14-8-10-17-9-5-6-13-20(17)21/h5-15,24H,3-4,16H2,1-2H3,(H,25,27). The number of hydrogen-bond acceptors (Lipinski definition) is 3. The summed E-state index contributed by atoms with van der Waals surface area (Å²) in [5.41, 5.74) is 2.10. The lowest BCUT2D eigenvalue weighted by molar-refractivity contribution is -0.114. The Morgan fingerprint density at radius 3 is 2.39 bits per heavy atom. The summed E-state index contributed by atoms with van der Waals surface area (Å²) in [6.07, 6.45) is 0. The van der Waals surface area contributed by atoms with Gasteiger partial charge in [-0.15, -0.1) is 0 Å². The zero-order chi connectivity index (χ0) is 19.9. The van der Waals surface area contributed by atoms with Crippen LogP contribution in [0.4, 0.5) is 11.4 Å². The summed E-state index contributed by atoms with van der Waals surface area (Å²) >= 11 is 0. The lowest BCUT2D eigenvalue weighted by Gasteiger charge is -2.19. The zero-order valence-corrected chi connectivity index (χ0v) is 16.2. The molecule has 0 heterocycles. The van der Waals surface area contributed by atoms with Crippen LogP contribution in [-0.4, -0.2) is 36.3 Å². The molecule has 0 bridgehead atoms. The molecule has 0 aliphatic heterocycles. The van der Waals surface area contributed by atoms with Gasteiger partial charge in [-0.25, -0.2) is 0 Å². The fraction of sp³-hybridized carbons (Fsp3) is 0.217. The van der Waals surface area contributed by atoms with E-state index in [-0.39, 0.29) is 18.4 Å². The highest BCUT2D eigenvalue weighted by molar-refractivity contribution is 5.99. The van der Waals surface area contributed by atoms with Gasteiger partial charge in [0, 0.05) is 35.4 Å². The quantitative estimate of drug-likeness (QED) is 0.644. The molecule has 3 aromatic carbocycles. The van der Waals surface area contributed by atoms with Crippen molar-refractivity contribution in [3.63, 3.8) is 0 Å². The van der Waals surface area contributed by atoms with Gasteiger partial charge in [-0.2, -0.15) is 0 Å². The van der Waals surface area contributed by atoms with Gasteiger partial charge in [0.1, 0.15) is 0 Å². The Morgan fingerprint density at radius 1 is 0.893 bits per heavy atom. The van der Waals surface area contributed by atoms with Crippen molar-refractivity contribution in [3.8, 4) is 0 Å². The van der Waals surface area contributed by atoms with Crippen molar-refractivity contribution in [3.05, 3.63) is 72.3 Å². The van der Waals surface area contributed by atoms with E-state index < -0.39 is 0 Å². The number of anilines is 2. The van der Waals surface area contributed by atoms with Crippen LogP contribution in [0.15, 0.2) is 66.7 Å². The SMILES string of the molecule is CCN(CC)C(=O)c1cccc(NC(=O)CNc2cccc3ccccc23)c1. The van der Waals surface area contributed by atoms with Gasteiger partial charge in [-0.1, -0.05) is 42.5 Å². The molecular formula is C23H25N3O2. The molecule has 0 aromatic heterocycles. The normalized spacial score (nSPS) is 10.5. The molecule has 2 N–H and O–H groups in total. The van der Waals surface area contributed by atoms with Crippen molar-refractivity contribution >= 4 is 34.0 Å². The summed E-state index contributed by atoms with van der Waals surface area (Å²) in [6.45, 7) is 5.35. The summed E-state index contributed by atoms with van der Waals surface area (Å²) in [5.74, 6) is -0.199. The maximum atomic E-state index is 12.5. The van der Waals surface area contributed by atoms with Crippen molar-refractivity contribution < 1.29 is 9.59 Å². The van der Waals surface area contributed by atoms with Crippen LogP contribution in [0.2, 0.25) is 0 Å². The van der Waals surface area contributed by atoms with Crippen LogP contribution in [0, 0.1) is 0 Å². The lowest BCUT2D eigenvalue weighted by Crippen LogP contribution is -2.30. The lowest BCUT2D eigenvalue weighted by atomic mass is 10.1. The highest BCUT2D eigenvalue weighted by Gasteiger charge is 2.13. The van der Waals surface area contributed by atoms with Crippen LogP contribution in [0.25, 0.3) is 10.8 Å². The monoisotopic (exact) mass is 375 g/mol. The van der Waals surface area contributed by atoms with Crippen LogP contribution in [-0.2, 0) is 4.79 Å². The van der Waals surface area contributed by atoms with Gasteiger partial charge >= 0.3 is 0 Å². The van der Waals surface area contributed by atoms with Crippen molar-refractivity contribution in [1.82, 2.24) is 4.90 Å². The van der Waals surface area contributed by atoms with Crippen molar-refractivity contribution in [1.29, 1.82) is 0 Å². The number of nitrogens with zero attached hydrogens (tertiary/aromatic N) is 1. The van der Waals surface area contributed by atoms with Crippen LogP contribution in [0.1, 0.15) is 24.2 Å². The molecule has 0 spiro atoms. The smallest absolute Gasteiger partial charge is 0.253 e. The molecule has 28 heavy (non-hydrogen) atoms. The minimum atomic E-state index is -0.166. The first-order valence-electron chi connectivity index (χ1n) is 9.53. The molecule has 0 unspecified atom stereocenters. The zero-order valence-electron chi connectivity index (χ0n) is 16.2. The maximum absolute atomic E-state index is 12.5. The molecule has 0 atom stereocenters. The largest absolute Gasteiger partial charge is 0.376 e. The predicted molar refractivity (Wildman–Crippen MR) is 115 cm³/mol. The molecule has 5 heteroatoms. The molecule has 0 aliphatic carbocycles. The van der Waals surface area contributed by atoms with E-state index in [4.69, 9.17) is 0 Å². The second kappa shape index (κ2) is 9.04. The van der Waals surface area contributed by atoms with Gasteiger partial charge in [0.15, 0.2) is 0 Å². The Bertz CT molecular complexity index is 975. The predicted octanol–water partition coefficient (Wildman–Crippen LogP) is 4.37. The Hall–Kier alpha value is -3.34. The molecule has 0 fully saturated rings. The van der Waals surface area contributed by atoms with Gasteiger partial charge < -0.3 is 15.5 Å². The number of benzene rings is 3. The minimum absolute atomic E-state index is 0.0324. The number of fused-ring (bicyclic) bond motifs is 1. The first kappa shape index (κ1) is 19.4. The second-order valence-corrected chi connectivity index (χ2v) is 6.49. The molecule has 3 rings (SSSR count). The summed E-state index contributed by atoms with van der Waals surface area (Å²) in [7, 11) is 0. The van der Waals surface area contributed by atoms with E-state index in [1.165, 1.54) is 0 Å². The molecule has 0 saturated heterocycles. The Labute approximate surface area is 165 Å². The van der Waals surface area contributed by atoms with Crippen LogP contribution in [0.3, 0.4) is 0 Å². The molecule has 3 aromatic rings. The van der Waals surface area contributed by atoms with E-state index in [0.717, 1.165) is 16.5 Å². The van der Waals surface area contributed by atoms with Crippen LogP contribution >= 0.6 is 0 Å². The van der Waals surface area contributed by atoms with E-state index in [0.29, 0.717) is 24.3 Å². The number of amides is 2. The van der Waals surface area contributed by atoms with Crippen molar-refractivity contribution in [2.24, 2.45) is 0 Å². The third kappa shape index (κ3) is 4.49. The number of carbonyl (C=O) groups is 2. The van der Waals surface area contributed by atoms with Crippen molar-refractivity contribution in [2.45, 2.75) is 13.8 Å². The second-order valence-electron chi connectivity index (χ2n) is 6.49. The average Bonchev–Trinajstić information content (AvgIpc) is 2.73. The maximum Gasteiger partial charge on any atom is 0.253 e. The summed E-state index contributed by atoms with van der Waals surface area (Å²) in [5, 5.41) is 8.25. The minimum Gasteiger partial charge on any atom is -0.376 e. The van der Waals surface area contributed by atoms with E-state index in [2.05, 4.69) is 10.6 Å². The Balaban J connectivity index is 1.65. The molecule has 0 radical (unpaired) electrons. The van der Waals surface area contributed by atoms with Gasteiger partial charge in [0.25, 0.3) is 5.91 Å². The molecule has 2 amide bonds. The first-order valence-corrected chi connectivity index (χ1v) is 9.53. The molecule has 5 nitrogen and oxygen atoms in total. The summed E-state index contributed by atoms with van der Waals surface area (Å²) in [6, 6.07) is 21.1. The first-order chi connectivity index (χ1) is 13.6. The summed E-state index contributed by atoms with van der Waals surface area (Å²) in [4.78, 5) is 26.6. The number of carbonyl (C=O) groups excluding carboxylic acids is 2. The Kier molecular flexibility index (Phi) is 6.27. The van der Waals surface area contributed by atoms with Gasteiger partial charge in [0.05, 0.1) is 6.54 Å². The van der Waals surface area contributed by atoms with Crippen molar-refractivity contribution in [2.75, 3.05) is 30.3 Å². The highest BCUT2D eigenvalue weighted by atomic mass is 16.2. The summed E-state index contributed by atoms with van der Waals surface area (Å²) < 4.78 is 0. The molecular weight excluding hydrogens is 350 g/mol. The van der Waals surface area contributed by atoms with Gasteiger partial charge in [-0.05, 0) is 43.5 Å².